The van der Waals surface area contributed by atoms with Crippen molar-refractivity contribution in [2.24, 2.45) is 0 Å². The summed E-state index contributed by atoms with van der Waals surface area (Å²) in [7, 11) is -4.05. The van der Waals surface area contributed by atoms with E-state index < -0.39 is 7.60 Å². The van der Waals surface area contributed by atoms with Crippen LogP contribution in [-0.2, 0) is 17.1 Å². The van der Waals surface area contributed by atoms with E-state index >= 15 is 0 Å². The second-order valence-corrected chi connectivity index (χ2v) is 9.73. The lowest BCUT2D eigenvalue weighted by Crippen LogP contribution is -2.30. The quantitative estimate of drug-likeness (QED) is 0.412. The van der Waals surface area contributed by atoms with E-state index in [9.17, 15) is 4.57 Å². The van der Waals surface area contributed by atoms with Crippen LogP contribution in [-0.4, -0.2) is 15.8 Å². The number of pyridine rings is 1. The van der Waals surface area contributed by atoms with Crippen LogP contribution in [0.1, 0.15) is 30.5 Å². The zero-order valence-corrected chi connectivity index (χ0v) is 19.2. The molecule has 0 saturated carbocycles. The first kappa shape index (κ1) is 22.2. The molecule has 0 fully saturated rings. The fourth-order valence-corrected chi connectivity index (χ4v) is 4.60. The molecule has 4 rings (SSSR count). The molecule has 1 aliphatic rings. The van der Waals surface area contributed by atoms with Gasteiger partial charge in [-0.3, -0.25) is 4.57 Å². The molecule has 1 aliphatic heterocycles. The van der Waals surface area contributed by atoms with Crippen LogP contribution in [0.25, 0.3) is 11.3 Å². The largest absolute Gasteiger partial charge is 0.341 e. The summed E-state index contributed by atoms with van der Waals surface area (Å²) in [6, 6.07) is 20.4. The molecular weight excluding hydrogens is 419 g/mol. The number of hydrogen-bond acceptors (Lipinski definition) is 2. The molecule has 1 atom stereocenters. The Labute approximate surface area is 189 Å². The average Bonchev–Trinajstić information content (AvgIpc) is 2.79. The Bertz CT molecular complexity index is 1180. The van der Waals surface area contributed by atoms with Crippen LogP contribution in [0.3, 0.4) is 0 Å². The molecule has 164 valence electrons. The highest BCUT2D eigenvalue weighted by Gasteiger charge is 2.17. The summed E-state index contributed by atoms with van der Waals surface area (Å²) in [5, 5.41) is 0. The van der Waals surface area contributed by atoms with Crippen molar-refractivity contribution in [3.63, 3.8) is 0 Å². The fourth-order valence-electron chi connectivity index (χ4n) is 3.91. The van der Waals surface area contributed by atoms with E-state index in [-0.39, 0.29) is 12.2 Å². The maximum Gasteiger partial charge on any atom is 0.329 e. The van der Waals surface area contributed by atoms with Crippen molar-refractivity contribution in [2.75, 3.05) is 4.90 Å². The summed E-state index contributed by atoms with van der Waals surface area (Å²) in [6.45, 7) is 4.36. The molecule has 5 nitrogen and oxygen atoms in total. The van der Waals surface area contributed by atoms with Gasteiger partial charge >= 0.3 is 7.60 Å². The predicted octanol–water partition coefficient (Wildman–Crippen LogP) is 5.01. The SMILES string of the molecule is CCc1ccc(N2C=CC(c3cc[n+](-c4ccc(CP(=O)(O)O)cc4)cc3)=CC2C)cc1. The molecule has 2 aromatic carbocycles. The third-order valence-corrected chi connectivity index (χ3v) is 6.48. The minimum absolute atomic E-state index is 0.241. The molecule has 32 heavy (non-hydrogen) atoms. The third kappa shape index (κ3) is 5.25. The lowest BCUT2D eigenvalue weighted by Gasteiger charge is -2.29. The van der Waals surface area contributed by atoms with Gasteiger partial charge in [-0.15, -0.1) is 0 Å². The Morgan fingerprint density at radius 2 is 1.56 bits per heavy atom. The van der Waals surface area contributed by atoms with Gasteiger partial charge in [0.05, 0.1) is 6.16 Å². The molecule has 0 radical (unpaired) electrons. The Balaban J connectivity index is 1.47. The molecule has 0 bridgehead atoms. The molecule has 6 heteroatoms. The lowest BCUT2D eigenvalue weighted by molar-refractivity contribution is -0.595. The van der Waals surface area contributed by atoms with Crippen molar-refractivity contribution in [3.8, 4) is 5.69 Å². The highest BCUT2D eigenvalue weighted by molar-refractivity contribution is 7.50. The molecule has 0 spiro atoms. The number of hydrogen-bond donors (Lipinski definition) is 2. The smallest absolute Gasteiger partial charge is 0.329 e. The Kier molecular flexibility index (Phi) is 6.43. The van der Waals surface area contributed by atoms with Gasteiger partial charge in [-0.1, -0.05) is 37.3 Å². The van der Waals surface area contributed by atoms with Crippen molar-refractivity contribution < 1.29 is 18.9 Å². The number of anilines is 1. The molecule has 0 saturated heterocycles. The molecule has 2 heterocycles. The van der Waals surface area contributed by atoms with E-state index in [0.717, 1.165) is 17.7 Å². The van der Waals surface area contributed by atoms with Gasteiger partial charge in [-0.2, -0.15) is 4.57 Å². The maximum absolute atomic E-state index is 11.2. The van der Waals surface area contributed by atoms with Gasteiger partial charge in [0, 0.05) is 42.2 Å². The highest BCUT2D eigenvalue weighted by atomic mass is 31.2. The van der Waals surface area contributed by atoms with Gasteiger partial charge in [0.15, 0.2) is 12.4 Å². The summed E-state index contributed by atoms with van der Waals surface area (Å²) in [6.07, 6.45) is 11.4. The van der Waals surface area contributed by atoms with Crippen LogP contribution in [0.15, 0.2) is 91.4 Å². The van der Waals surface area contributed by atoms with Crippen molar-refractivity contribution in [1.82, 2.24) is 0 Å². The summed E-state index contributed by atoms with van der Waals surface area (Å²) < 4.78 is 13.2. The highest BCUT2D eigenvalue weighted by Crippen LogP contribution is 2.38. The second-order valence-electron chi connectivity index (χ2n) is 8.09. The van der Waals surface area contributed by atoms with Crippen molar-refractivity contribution in [3.05, 3.63) is 108 Å². The van der Waals surface area contributed by atoms with Gasteiger partial charge in [0.25, 0.3) is 0 Å². The Morgan fingerprint density at radius 3 is 2.12 bits per heavy atom. The number of aryl methyl sites for hydroxylation is 1. The van der Waals surface area contributed by atoms with Crippen LogP contribution >= 0.6 is 7.60 Å². The first-order valence-corrected chi connectivity index (χ1v) is 12.5. The second kappa shape index (κ2) is 9.25. The molecule has 0 aliphatic carbocycles. The number of rotatable bonds is 6. The van der Waals surface area contributed by atoms with E-state index in [1.54, 1.807) is 12.1 Å². The fraction of sp³-hybridized carbons (Fsp3) is 0.192. The third-order valence-electron chi connectivity index (χ3n) is 5.70. The maximum atomic E-state index is 11.2. The standard InChI is InChI=1S/C26H27N2O3P/c1-3-21-4-10-26(11-5-21)28-17-14-24(18-20(28)2)23-12-15-27(16-13-23)25-8-6-22(7-9-25)19-32(29,30)31/h4-18,20H,3,19H2,1-2H3,(H-,29,30,31)/p+1. The first-order chi connectivity index (χ1) is 15.3. The van der Waals surface area contributed by atoms with Crippen molar-refractivity contribution in [2.45, 2.75) is 32.5 Å². The lowest BCUT2D eigenvalue weighted by atomic mass is 10.0. The zero-order valence-electron chi connectivity index (χ0n) is 18.3. The van der Waals surface area contributed by atoms with Gasteiger partial charge in [0.2, 0.25) is 5.69 Å². The summed E-state index contributed by atoms with van der Waals surface area (Å²) in [5.74, 6) is 0. The van der Waals surface area contributed by atoms with Gasteiger partial charge < -0.3 is 14.7 Å². The monoisotopic (exact) mass is 447 g/mol. The first-order valence-electron chi connectivity index (χ1n) is 10.8. The molecule has 1 aromatic heterocycles. The van der Waals surface area contributed by atoms with Crippen molar-refractivity contribution in [1.29, 1.82) is 0 Å². The minimum atomic E-state index is -4.05. The van der Waals surface area contributed by atoms with Crippen molar-refractivity contribution >= 4 is 18.9 Å². The van der Waals surface area contributed by atoms with E-state index in [0.29, 0.717) is 5.56 Å². The zero-order chi connectivity index (χ0) is 22.7. The molecule has 0 amide bonds. The van der Waals surface area contributed by atoms with E-state index in [1.807, 2.05) is 29.1 Å². The van der Waals surface area contributed by atoms with E-state index in [1.165, 1.54) is 16.8 Å². The normalized spacial score (nSPS) is 16.2. The van der Waals surface area contributed by atoms with E-state index in [4.69, 9.17) is 9.79 Å². The molecular formula is C26H28N2O3P+. The van der Waals surface area contributed by atoms with Crippen LogP contribution in [0, 0.1) is 0 Å². The number of nitrogens with zero attached hydrogens (tertiary/aromatic N) is 2. The Hall–Kier alpha value is -2.98. The summed E-state index contributed by atoms with van der Waals surface area (Å²) in [5.41, 5.74) is 6.42. The van der Waals surface area contributed by atoms with Crippen LogP contribution in [0.4, 0.5) is 5.69 Å². The van der Waals surface area contributed by atoms with Crippen LogP contribution < -0.4 is 9.47 Å². The van der Waals surface area contributed by atoms with E-state index in [2.05, 4.69) is 73.5 Å². The summed E-state index contributed by atoms with van der Waals surface area (Å²) >= 11 is 0. The van der Waals surface area contributed by atoms with Gasteiger partial charge in [-0.05, 0) is 53.8 Å². The molecule has 1 unspecified atom stereocenters. The van der Waals surface area contributed by atoms with Crippen LogP contribution in [0.2, 0.25) is 0 Å². The number of allylic oxidation sites excluding steroid dienone is 2. The number of aromatic nitrogens is 1. The minimum Gasteiger partial charge on any atom is -0.341 e. The van der Waals surface area contributed by atoms with Crippen LogP contribution in [0.5, 0.6) is 0 Å². The topological polar surface area (TPSA) is 64.7 Å². The molecule has 2 N–H and O–H groups in total. The van der Waals surface area contributed by atoms with Gasteiger partial charge in [0.1, 0.15) is 0 Å². The summed E-state index contributed by atoms with van der Waals surface area (Å²) in [4.78, 5) is 20.5. The predicted molar refractivity (Wildman–Crippen MR) is 129 cm³/mol. The molecule has 3 aromatic rings. The Morgan fingerprint density at radius 1 is 0.938 bits per heavy atom. The average molecular weight is 447 g/mol. The number of benzene rings is 2. The van der Waals surface area contributed by atoms with Gasteiger partial charge in [-0.25, -0.2) is 0 Å².